The first-order valence-electron chi connectivity index (χ1n) is 9.21. The molecule has 0 spiro atoms. The van der Waals surface area contributed by atoms with Gasteiger partial charge in [-0.2, -0.15) is 0 Å². The fourth-order valence-corrected chi connectivity index (χ4v) is 3.76. The van der Waals surface area contributed by atoms with Crippen LogP contribution in [0.4, 0.5) is 11.4 Å². The normalized spacial score (nSPS) is 14.1. The third-order valence-corrected chi connectivity index (χ3v) is 5.34. The maximum Gasteiger partial charge on any atom is 0.265 e. The molecule has 2 N–H and O–H groups in total. The summed E-state index contributed by atoms with van der Waals surface area (Å²) in [6.45, 7) is 4.61. The minimum Gasteiger partial charge on any atom is -0.371 e. The van der Waals surface area contributed by atoms with Gasteiger partial charge in [-0.25, -0.2) is 0 Å². The molecule has 3 rings (SSSR count). The molecule has 1 aromatic carbocycles. The first kappa shape index (κ1) is 18.5. The first-order chi connectivity index (χ1) is 12.7. The van der Waals surface area contributed by atoms with Gasteiger partial charge in [0.25, 0.3) is 11.8 Å². The van der Waals surface area contributed by atoms with Crippen LogP contribution in [0.15, 0.2) is 35.7 Å². The number of benzene rings is 1. The highest BCUT2D eigenvalue weighted by molar-refractivity contribution is 7.12. The standard InChI is InChI=1S/C20H25N3O2S/c1-2-10-21-19(24)16-14-15(22-20(25)18-7-6-13-26-18)8-9-17(16)23-11-4-3-5-12-23/h6-9,13-14H,2-5,10-12H2,1H3,(H,21,24)(H,22,25). The van der Waals surface area contributed by atoms with Crippen LogP contribution in [0.25, 0.3) is 0 Å². The number of hydrogen-bond donors (Lipinski definition) is 2. The Bertz CT molecular complexity index is 752. The summed E-state index contributed by atoms with van der Waals surface area (Å²) in [6.07, 6.45) is 4.42. The fraction of sp³-hybridized carbons (Fsp3) is 0.400. The van der Waals surface area contributed by atoms with Crippen LogP contribution in [0.2, 0.25) is 0 Å². The van der Waals surface area contributed by atoms with Crippen molar-refractivity contribution in [2.75, 3.05) is 29.9 Å². The summed E-state index contributed by atoms with van der Waals surface area (Å²) in [5.41, 5.74) is 2.22. The molecule has 1 saturated heterocycles. The van der Waals surface area contributed by atoms with Crippen LogP contribution in [0.3, 0.4) is 0 Å². The summed E-state index contributed by atoms with van der Waals surface area (Å²) >= 11 is 1.40. The lowest BCUT2D eigenvalue weighted by atomic mass is 10.1. The summed E-state index contributed by atoms with van der Waals surface area (Å²) in [4.78, 5) is 27.9. The number of carbonyl (C=O) groups excluding carboxylic acids is 2. The van der Waals surface area contributed by atoms with Crippen LogP contribution in [-0.4, -0.2) is 31.4 Å². The monoisotopic (exact) mass is 371 g/mol. The van der Waals surface area contributed by atoms with Crippen molar-refractivity contribution in [3.8, 4) is 0 Å². The molecule has 0 bridgehead atoms. The smallest absolute Gasteiger partial charge is 0.265 e. The van der Waals surface area contributed by atoms with Crippen molar-refractivity contribution >= 4 is 34.5 Å². The average Bonchev–Trinajstić information content (AvgIpc) is 3.21. The van der Waals surface area contributed by atoms with E-state index in [0.29, 0.717) is 22.7 Å². The van der Waals surface area contributed by atoms with Gasteiger partial charge in [-0.1, -0.05) is 13.0 Å². The first-order valence-corrected chi connectivity index (χ1v) is 10.1. The number of rotatable bonds is 6. The SMILES string of the molecule is CCCNC(=O)c1cc(NC(=O)c2cccs2)ccc1N1CCCCC1. The molecule has 138 valence electrons. The van der Waals surface area contributed by atoms with E-state index in [2.05, 4.69) is 15.5 Å². The number of piperidine rings is 1. The number of hydrogen-bond acceptors (Lipinski definition) is 4. The van der Waals surface area contributed by atoms with Crippen molar-refractivity contribution in [3.05, 3.63) is 46.2 Å². The largest absolute Gasteiger partial charge is 0.371 e. The van der Waals surface area contributed by atoms with Gasteiger partial charge in [-0.3, -0.25) is 9.59 Å². The Balaban J connectivity index is 1.85. The lowest BCUT2D eigenvalue weighted by Crippen LogP contribution is -2.33. The van der Waals surface area contributed by atoms with Gasteiger partial charge in [0.15, 0.2) is 0 Å². The minimum absolute atomic E-state index is 0.0837. The Morgan fingerprint density at radius 1 is 1.12 bits per heavy atom. The Kier molecular flexibility index (Phi) is 6.28. The second-order valence-corrected chi connectivity index (χ2v) is 7.41. The second-order valence-electron chi connectivity index (χ2n) is 6.47. The molecule has 0 aliphatic carbocycles. The summed E-state index contributed by atoms with van der Waals surface area (Å²) < 4.78 is 0. The predicted molar refractivity (Wildman–Crippen MR) is 107 cm³/mol. The molecule has 2 heterocycles. The van der Waals surface area contributed by atoms with E-state index in [1.54, 1.807) is 12.1 Å². The predicted octanol–water partition coefficient (Wildman–Crippen LogP) is 4.13. The average molecular weight is 372 g/mol. The van der Waals surface area contributed by atoms with Gasteiger partial charge < -0.3 is 15.5 Å². The van der Waals surface area contributed by atoms with E-state index in [0.717, 1.165) is 38.0 Å². The Morgan fingerprint density at radius 2 is 1.92 bits per heavy atom. The van der Waals surface area contributed by atoms with Crippen molar-refractivity contribution in [2.45, 2.75) is 32.6 Å². The molecule has 1 aliphatic heterocycles. The van der Waals surface area contributed by atoms with Crippen molar-refractivity contribution in [1.29, 1.82) is 0 Å². The molecule has 0 unspecified atom stereocenters. The van der Waals surface area contributed by atoms with Gasteiger partial charge in [-0.05, 0) is 55.3 Å². The number of carbonyl (C=O) groups is 2. The van der Waals surface area contributed by atoms with Crippen molar-refractivity contribution in [2.24, 2.45) is 0 Å². The van der Waals surface area contributed by atoms with E-state index >= 15 is 0 Å². The van der Waals surface area contributed by atoms with E-state index in [1.807, 2.05) is 30.5 Å². The fourth-order valence-electron chi connectivity index (χ4n) is 3.14. The van der Waals surface area contributed by atoms with E-state index in [9.17, 15) is 9.59 Å². The molecular weight excluding hydrogens is 346 g/mol. The summed E-state index contributed by atoms with van der Waals surface area (Å²) in [5.74, 6) is -0.231. The molecule has 2 amide bonds. The molecule has 5 nitrogen and oxygen atoms in total. The van der Waals surface area contributed by atoms with Gasteiger partial charge in [0.05, 0.1) is 10.4 Å². The molecule has 26 heavy (non-hydrogen) atoms. The maximum absolute atomic E-state index is 12.7. The van der Waals surface area contributed by atoms with E-state index in [-0.39, 0.29) is 11.8 Å². The molecular formula is C20H25N3O2S. The number of nitrogens with one attached hydrogen (secondary N) is 2. The quantitative estimate of drug-likeness (QED) is 0.802. The summed E-state index contributed by atoms with van der Waals surface area (Å²) in [5, 5.41) is 7.73. The van der Waals surface area contributed by atoms with E-state index in [4.69, 9.17) is 0 Å². The van der Waals surface area contributed by atoms with Crippen molar-refractivity contribution in [1.82, 2.24) is 5.32 Å². The lowest BCUT2D eigenvalue weighted by molar-refractivity contribution is 0.0952. The Labute approximate surface area is 158 Å². The molecule has 1 fully saturated rings. The zero-order chi connectivity index (χ0) is 18.4. The van der Waals surface area contributed by atoms with Crippen molar-refractivity contribution in [3.63, 3.8) is 0 Å². The van der Waals surface area contributed by atoms with Crippen LogP contribution in [0.1, 0.15) is 52.6 Å². The minimum atomic E-state index is -0.148. The highest BCUT2D eigenvalue weighted by atomic mass is 32.1. The number of thiophene rings is 1. The zero-order valence-electron chi connectivity index (χ0n) is 15.1. The molecule has 0 atom stereocenters. The number of nitrogens with zero attached hydrogens (tertiary/aromatic N) is 1. The van der Waals surface area contributed by atoms with E-state index in [1.165, 1.54) is 17.8 Å². The van der Waals surface area contributed by atoms with Crippen LogP contribution >= 0.6 is 11.3 Å². The highest BCUT2D eigenvalue weighted by Crippen LogP contribution is 2.27. The Morgan fingerprint density at radius 3 is 2.62 bits per heavy atom. The van der Waals surface area contributed by atoms with Gasteiger partial charge in [-0.15, -0.1) is 11.3 Å². The topological polar surface area (TPSA) is 61.4 Å². The maximum atomic E-state index is 12.7. The molecule has 2 aromatic rings. The van der Waals surface area contributed by atoms with Crippen molar-refractivity contribution < 1.29 is 9.59 Å². The summed E-state index contributed by atoms with van der Waals surface area (Å²) in [7, 11) is 0. The Hall–Kier alpha value is -2.34. The zero-order valence-corrected chi connectivity index (χ0v) is 15.9. The van der Waals surface area contributed by atoms with Gasteiger partial charge >= 0.3 is 0 Å². The molecule has 1 aliphatic rings. The number of amides is 2. The van der Waals surface area contributed by atoms with Gasteiger partial charge in [0.1, 0.15) is 0 Å². The second kappa shape index (κ2) is 8.85. The molecule has 1 aromatic heterocycles. The van der Waals surface area contributed by atoms with Crippen LogP contribution in [-0.2, 0) is 0 Å². The van der Waals surface area contributed by atoms with Crippen LogP contribution in [0.5, 0.6) is 0 Å². The lowest BCUT2D eigenvalue weighted by Gasteiger charge is -2.30. The van der Waals surface area contributed by atoms with E-state index < -0.39 is 0 Å². The number of anilines is 2. The molecule has 0 radical (unpaired) electrons. The van der Waals surface area contributed by atoms with Gasteiger partial charge in [0.2, 0.25) is 0 Å². The van der Waals surface area contributed by atoms with Crippen LogP contribution < -0.4 is 15.5 Å². The summed E-state index contributed by atoms with van der Waals surface area (Å²) in [6, 6.07) is 9.27. The van der Waals surface area contributed by atoms with Crippen LogP contribution in [0, 0.1) is 0 Å². The highest BCUT2D eigenvalue weighted by Gasteiger charge is 2.19. The third kappa shape index (κ3) is 4.43. The molecule has 6 heteroatoms. The third-order valence-electron chi connectivity index (χ3n) is 4.48. The molecule has 0 saturated carbocycles. The van der Waals surface area contributed by atoms with Gasteiger partial charge in [0, 0.05) is 31.0 Å².